The Labute approximate surface area is 122 Å². The van der Waals surface area contributed by atoms with E-state index < -0.39 is 0 Å². The third-order valence-corrected chi connectivity index (χ3v) is 3.72. The molecule has 0 atom stereocenters. The number of para-hydroxylation sites is 1. The zero-order chi connectivity index (χ0) is 15.0. The summed E-state index contributed by atoms with van der Waals surface area (Å²) in [4.78, 5) is 14.6. The van der Waals surface area contributed by atoms with Crippen LogP contribution < -0.4 is 4.74 Å². The highest BCUT2D eigenvalue weighted by atomic mass is 16.5. The average molecular weight is 277 g/mol. The van der Waals surface area contributed by atoms with E-state index in [1.54, 1.807) is 0 Å². The van der Waals surface area contributed by atoms with E-state index in [0.717, 1.165) is 25.9 Å². The molecule has 0 bridgehead atoms. The van der Waals surface area contributed by atoms with E-state index >= 15 is 0 Å². The maximum atomic E-state index is 12.7. The molecule has 0 N–H and O–H groups in total. The van der Waals surface area contributed by atoms with E-state index in [9.17, 15) is 4.79 Å². The number of ether oxygens (including phenoxy) is 1. The van der Waals surface area contributed by atoms with Crippen molar-refractivity contribution in [2.45, 2.75) is 40.5 Å². The summed E-state index contributed by atoms with van der Waals surface area (Å²) in [7, 11) is 0. The van der Waals surface area contributed by atoms with E-state index in [0.29, 0.717) is 23.8 Å². The first-order chi connectivity index (χ1) is 9.67. The first-order valence-electron chi connectivity index (χ1n) is 7.68. The summed E-state index contributed by atoms with van der Waals surface area (Å²) in [5, 5.41) is 0. The monoisotopic (exact) mass is 277 g/mol. The summed E-state index contributed by atoms with van der Waals surface area (Å²) in [6.45, 7) is 10.5. The lowest BCUT2D eigenvalue weighted by Crippen LogP contribution is -2.35. The van der Waals surface area contributed by atoms with Gasteiger partial charge in [-0.3, -0.25) is 4.79 Å². The largest absolute Gasteiger partial charge is 0.493 e. The van der Waals surface area contributed by atoms with Gasteiger partial charge in [-0.05, 0) is 31.9 Å². The van der Waals surface area contributed by atoms with Crippen molar-refractivity contribution < 1.29 is 9.53 Å². The van der Waals surface area contributed by atoms with E-state index in [1.165, 1.54) is 0 Å². The van der Waals surface area contributed by atoms with E-state index in [4.69, 9.17) is 4.74 Å². The molecule has 0 aliphatic carbocycles. The van der Waals surface area contributed by atoms with Crippen LogP contribution >= 0.6 is 0 Å². The van der Waals surface area contributed by atoms with Crippen molar-refractivity contribution in [2.24, 2.45) is 5.92 Å². The molecule has 1 aromatic rings. The molecule has 0 saturated heterocycles. The maximum Gasteiger partial charge on any atom is 0.257 e. The minimum atomic E-state index is 0.0726. The van der Waals surface area contributed by atoms with Crippen LogP contribution in [0.2, 0.25) is 0 Å². The predicted octanol–water partition coefficient (Wildman–Crippen LogP) is 3.98. The molecule has 1 rings (SSSR count). The van der Waals surface area contributed by atoms with Crippen LogP contribution in [0.15, 0.2) is 24.3 Å². The van der Waals surface area contributed by atoms with Crippen molar-refractivity contribution in [2.75, 3.05) is 19.7 Å². The lowest BCUT2D eigenvalue weighted by Gasteiger charge is -2.26. The molecule has 0 radical (unpaired) electrons. The van der Waals surface area contributed by atoms with Gasteiger partial charge < -0.3 is 9.64 Å². The van der Waals surface area contributed by atoms with E-state index in [-0.39, 0.29) is 5.91 Å². The molecule has 0 spiro atoms. The van der Waals surface area contributed by atoms with Crippen LogP contribution in [0.1, 0.15) is 50.9 Å². The average Bonchev–Trinajstić information content (AvgIpc) is 2.49. The maximum absolute atomic E-state index is 12.7. The Morgan fingerprint density at radius 1 is 1.15 bits per heavy atom. The fraction of sp³-hybridized carbons (Fsp3) is 0.588. The molecule has 0 fully saturated rings. The normalized spacial score (nSPS) is 10.7. The molecular weight excluding hydrogens is 250 g/mol. The Bertz CT molecular complexity index is 413. The molecule has 0 saturated carbocycles. The molecule has 0 heterocycles. The molecule has 20 heavy (non-hydrogen) atoms. The molecule has 0 unspecified atom stereocenters. The van der Waals surface area contributed by atoms with Crippen LogP contribution in [0.4, 0.5) is 0 Å². The van der Waals surface area contributed by atoms with Crippen molar-refractivity contribution in [3.05, 3.63) is 29.8 Å². The third-order valence-electron chi connectivity index (χ3n) is 3.72. The zero-order valence-electron chi connectivity index (χ0n) is 13.2. The molecule has 0 aromatic heterocycles. The predicted molar refractivity (Wildman–Crippen MR) is 83.3 cm³/mol. The molecule has 0 aliphatic heterocycles. The summed E-state index contributed by atoms with van der Waals surface area (Å²) < 4.78 is 5.56. The number of hydrogen-bond donors (Lipinski definition) is 0. The minimum absolute atomic E-state index is 0.0726. The number of rotatable bonds is 8. The van der Waals surface area contributed by atoms with Gasteiger partial charge in [-0.1, -0.05) is 38.8 Å². The molecule has 1 aromatic carbocycles. The Hall–Kier alpha value is -1.51. The van der Waals surface area contributed by atoms with Crippen LogP contribution in [-0.4, -0.2) is 30.5 Å². The highest BCUT2D eigenvalue weighted by Gasteiger charge is 2.20. The van der Waals surface area contributed by atoms with Crippen LogP contribution in [0.3, 0.4) is 0 Å². The zero-order valence-corrected chi connectivity index (χ0v) is 13.2. The molecular formula is C17H27NO2. The number of benzene rings is 1. The Morgan fingerprint density at radius 3 is 2.35 bits per heavy atom. The van der Waals surface area contributed by atoms with Crippen LogP contribution in [0.25, 0.3) is 0 Å². The second-order valence-corrected chi connectivity index (χ2v) is 4.96. The Balaban J connectivity index is 2.90. The molecule has 1 amide bonds. The quantitative estimate of drug-likeness (QED) is 0.719. The second kappa shape index (κ2) is 8.62. The lowest BCUT2D eigenvalue weighted by molar-refractivity contribution is 0.0731. The SMILES string of the molecule is CCOc1ccccc1C(=O)N(CC)CC(CC)CC. The summed E-state index contributed by atoms with van der Waals surface area (Å²) in [5.74, 6) is 1.32. The summed E-state index contributed by atoms with van der Waals surface area (Å²) in [6.07, 6.45) is 2.21. The standard InChI is InChI=1S/C17H27NO2/c1-5-14(6-2)13-18(7-3)17(19)15-11-9-10-12-16(15)20-8-4/h9-12,14H,5-8,13H2,1-4H3. The summed E-state index contributed by atoms with van der Waals surface area (Å²) in [5.41, 5.74) is 0.669. The van der Waals surface area contributed by atoms with Gasteiger partial charge in [0.1, 0.15) is 5.75 Å². The second-order valence-electron chi connectivity index (χ2n) is 4.96. The number of amides is 1. The first-order valence-corrected chi connectivity index (χ1v) is 7.68. The van der Waals surface area contributed by atoms with Crippen molar-refractivity contribution in [3.8, 4) is 5.75 Å². The third kappa shape index (κ3) is 4.26. The summed E-state index contributed by atoms with van der Waals surface area (Å²) in [6, 6.07) is 7.50. The van der Waals surface area contributed by atoms with Crippen LogP contribution in [0, 0.1) is 5.92 Å². The van der Waals surface area contributed by atoms with Crippen LogP contribution in [-0.2, 0) is 0 Å². The van der Waals surface area contributed by atoms with Crippen molar-refractivity contribution in [1.29, 1.82) is 0 Å². The fourth-order valence-corrected chi connectivity index (χ4v) is 2.31. The number of hydrogen-bond acceptors (Lipinski definition) is 2. The Kier molecular flexibility index (Phi) is 7.13. The van der Waals surface area contributed by atoms with Gasteiger partial charge in [0, 0.05) is 13.1 Å². The first kappa shape index (κ1) is 16.5. The lowest BCUT2D eigenvalue weighted by atomic mass is 10.0. The molecule has 3 heteroatoms. The minimum Gasteiger partial charge on any atom is -0.493 e. The number of carbonyl (C=O) groups excluding carboxylic acids is 1. The summed E-state index contributed by atoms with van der Waals surface area (Å²) >= 11 is 0. The molecule has 3 nitrogen and oxygen atoms in total. The van der Waals surface area contributed by atoms with Gasteiger partial charge in [0.2, 0.25) is 0 Å². The van der Waals surface area contributed by atoms with Gasteiger partial charge in [0.15, 0.2) is 0 Å². The number of nitrogens with zero attached hydrogens (tertiary/aromatic N) is 1. The smallest absolute Gasteiger partial charge is 0.257 e. The topological polar surface area (TPSA) is 29.5 Å². The van der Waals surface area contributed by atoms with E-state index in [2.05, 4.69) is 13.8 Å². The van der Waals surface area contributed by atoms with Crippen LogP contribution in [0.5, 0.6) is 5.75 Å². The van der Waals surface area contributed by atoms with Gasteiger partial charge in [0.05, 0.1) is 12.2 Å². The molecule has 112 valence electrons. The van der Waals surface area contributed by atoms with Gasteiger partial charge in [-0.2, -0.15) is 0 Å². The van der Waals surface area contributed by atoms with Crippen molar-refractivity contribution >= 4 is 5.91 Å². The van der Waals surface area contributed by atoms with Gasteiger partial charge in [0.25, 0.3) is 5.91 Å². The van der Waals surface area contributed by atoms with E-state index in [1.807, 2.05) is 43.0 Å². The van der Waals surface area contributed by atoms with Gasteiger partial charge in [-0.15, -0.1) is 0 Å². The highest BCUT2D eigenvalue weighted by molar-refractivity contribution is 5.96. The fourth-order valence-electron chi connectivity index (χ4n) is 2.31. The Morgan fingerprint density at radius 2 is 1.80 bits per heavy atom. The van der Waals surface area contributed by atoms with Gasteiger partial charge >= 0.3 is 0 Å². The number of carbonyl (C=O) groups is 1. The van der Waals surface area contributed by atoms with Gasteiger partial charge in [-0.25, -0.2) is 0 Å². The van der Waals surface area contributed by atoms with Crippen molar-refractivity contribution in [1.82, 2.24) is 4.90 Å². The molecule has 0 aliphatic rings. The van der Waals surface area contributed by atoms with Crippen molar-refractivity contribution in [3.63, 3.8) is 0 Å². The highest BCUT2D eigenvalue weighted by Crippen LogP contribution is 2.21.